The van der Waals surface area contributed by atoms with E-state index in [2.05, 4.69) is 4.98 Å². The van der Waals surface area contributed by atoms with Gasteiger partial charge in [-0.2, -0.15) is 8.78 Å². The highest BCUT2D eigenvalue weighted by Gasteiger charge is 2.39. The predicted octanol–water partition coefficient (Wildman–Crippen LogP) is 4.09. The van der Waals surface area contributed by atoms with E-state index in [0.29, 0.717) is 0 Å². The van der Waals surface area contributed by atoms with Crippen LogP contribution >= 0.6 is 11.6 Å². The van der Waals surface area contributed by atoms with Crippen LogP contribution in [0.15, 0.2) is 0 Å². The van der Waals surface area contributed by atoms with Crippen molar-refractivity contribution in [3.63, 3.8) is 0 Å². The molecule has 0 aliphatic heterocycles. The molecule has 0 saturated heterocycles. The summed E-state index contributed by atoms with van der Waals surface area (Å²) in [4.78, 5) is 26.7. The molecule has 5 nitrogen and oxygen atoms in total. The smallest absolute Gasteiger partial charge is 0.365 e. The van der Waals surface area contributed by atoms with Crippen molar-refractivity contribution in [3.8, 4) is 0 Å². The number of pyridine rings is 1. The Morgan fingerprint density at radius 2 is 1.61 bits per heavy atom. The van der Waals surface area contributed by atoms with Crippen molar-refractivity contribution in [2.75, 3.05) is 0 Å². The lowest BCUT2D eigenvalue weighted by molar-refractivity contribution is 0.0642. The van der Waals surface area contributed by atoms with Crippen molar-refractivity contribution in [1.82, 2.24) is 4.98 Å². The van der Waals surface area contributed by atoms with E-state index in [1.54, 1.807) is 27.7 Å². The summed E-state index contributed by atoms with van der Waals surface area (Å²) in [6, 6.07) is 0. The van der Waals surface area contributed by atoms with Crippen molar-refractivity contribution in [1.29, 1.82) is 0 Å². The van der Waals surface area contributed by atoms with E-state index in [1.165, 1.54) is 0 Å². The molecule has 0 aliphatic carbocycles. The number of hydrogen-bond acceptors (Lipinski definition) is 3. The van der Waals surface area contributed by atoms with Crippen LogP contribution in [0.1, 0.15) is 71.3 Å². The Balaban J connectivity index is 4.00. The van der Waals surface area contributed by atoms with E-state index < -0.39 is 34.5 Å². The summed E-state index contributed by atoms with van der Waals surface area (Å²) in [5.41, 5.74) is -2.56. The zero-order valence-electron chi connectivity index (χ0n) is 13.2. The van der Waals surface area contributed by atoms with Gasteiger partial charge in [-0.1, -0.05) is 27.7 Å². The van der Waals surface area contributed by atoms with Crippen LogP contribution in [0.5, 0.6) is 0 Å². The Kier molecular flexibility index (Phi) is 5.69. The predicted molar refractivity (Wildman–Crippen MR) is 80.5 cm³/mol. The van der Waals surface area contributed by atoms with Crippen molar-refractivity contribution < 1.29 is 28.6 Å². The zero-order valence-corrected chi connectivity index (χ0v) is 13.9. The van der Waals surface area contributed by atoms with Gasteiger partial charge in [-0.25, -0.2) is 14.6 Å². The quantitative estimate of drug-likeness (QED) is 0.755. The molecule has 23 heavy (non-hydrogen) atoms. The van der Waals surface area contributed by atoms with Crippen LogP contribution in [0.2, 0.25) is 0 Å². The summed E-state index contributed by atoms with van der Waals surface area (Å²) in [5.74, 6) is -3.72. The summed E-state index contributed by atoms with van der Waals surface area (Å²) >= 11 is 5.02. The second-order valence-electron chi connectivity index (χ2n) is 5.93. The molecular weight excluding hydrogens is 332 g/mol. The Morgan fingerprint density at radius 3 is 1.91 bits per heavy atom. The zero-order chi connectivity index (χ0) is 18.1. The minimum Gasteiger partial charge on any atom is -0.478 e. The first-order chi connectivity index (χ1) is 10.4. The lowest BCUT2D eigenvalue weighted by Gasteiger charge is -2.21. The third kappa shape index (κ3) is 4.16. The van der Waals surface area contributed by atoms with E-state index in [-0.39, 0.29) is 29.2 Å². The standard InChI is InChI=1S/C15H18ClF2NO4/c1-6(2)5-8-9(13(20)21)11(7(3)4)19-12(15(16,17)18)10(8)14(22)23/h6-7H,5H2,1-4H3,(H,20,21)(H,22,23). The normalized spacial score (nSPS) is 12.0. The van der Waals surface area contributed by atoms with E-state index >= 15 is 0 Å². The van der Waals surface area contributed by atoms with Gasteiger partial charge < -0.3 is 10.2 Å². The van der Waals surface area contributed by atoms with E-state index in [0.717, 1.165) is 0 Å². The SMILES string of the molecule is CC(C)Cc1c(C(=O)O)c(C(C)C)nc(C(F)(F)Cl)c1C(=O)O. The first kappa shape index (κ1) is 19.3. The molecule has 1 aromatic heterocycles. The average Bonchev–Trinajstić information content (AvgIpc) is 2.34. The number of carboxylic acids is 2. The molecule has 8 heteroatoms. The molecule has 2 N–H and O–H groups in total. The van der Waals surface area contributed by atoms with Crippen LogP contribution in [0.3, 0.4) is 0 Å². The fourth-order valence-electron chi connectivity index (χ4n) is 2.36. The van der Waals surface area contributed by atoms with E-state index in [4.69, 9.17) is 11.6 Å². The summed E-state index contributed by atoms with van der Waals surface area (Å²) in [5, 5.41) is 14.8. The molecule has 1 heterocycles. The Labute approximate surface area is 137 Å². The van der Waals surface area contributed by atoms with Crippen LogP contribution in [-0.2, 0) is 11.8 Å². The van der Waals surface area contributed by atoms with Crippen molar-refractivity contribution in [2.45, 2.75) is 45.4 Å². The van der Waals surface area contributed by atoms with Crippen molar-refractivity contribution >= 4 is 23.5 Å². The summed E-state index contributed by atoms with van der Waals surface area (Å²) in [7, 11) is 0. The molecule has 0 atom stereocenters. The topological polar surface area (TPSA) is 87.5 Å². The summed E-state index contributed by atoms with van der Waals surface area (Å²) < 4.78 is 27.3. The summed E-state index contributed by atoms with van der Waals surface area (Å²) in [6.45, 7) is 6.63. The summed E-state index contributed by atoms with van der Waals surface area (Å²) in [6.07, 6.45) is 0.00543. The maximum atomic E-state index is 13.7. The fourth-order valence-corrected chi connectivity index (χ4v) is 2.50. The molecule has 0 unspecified atom stereocenters. The highest BCUT2D eigenvalue weighted by molar-refractivity contribution is 6.22. The van der Waals surface area contributed by atoms with Crippen molar-refractivity contribution in [2.24, 2.45) is 5.92 Å². The molecular formula is C15H18ClF2NO4. The van der Waals surface area contributed by atoms with Gasteiger partial charge in [0.2, 0.25) is 0 Å². The van der Waals surface area contributed by atoms with E-state index in [9.17, 15) is 28.6 Å². The molecule has 0 bridgehead atoms. The number of rotatable bonds is 6. The fraction of sp³-hybridized carbons (Fsp3) is 0.533. The third-order valence-electron chi connectivity index (χ3n) is 3.18. The number of nitrogens with zero attached hydrogens (tertiary/aromatic N) is 1. The molecule has 0 fully saturated rings. The van der Waals surface area contributed by atoms with Gasteiger partial charge in [0, 0.05) is 0 Å². The Bertz CT molecular complexity index is 639. The highest BCUT2D eigenvalue weighted by Crippen LogP contribution is 2.38. The van der Waals surface area contributed by atoms with Crippen LogP contribution in [0, 0.1) is 5.92 Å². The Hall–Kier alpha value is -1.76. The number of aromatic carboxylic acids is 2. The van der Waals surface area contributed by atoms with Gasteiger partial charge in [-0.3, -0.25) is 0 Å². The third-order valence-corrected chi connectivity index (χ3v) is 3.36. The number of aromatic nitrogens is 1. The molecule has 0 aromatic carbocycles. The van der Waals surface area contributed by atoms with Crippen molar-refractivity contribution in [3.05, 3.63) is 28.1 Å². The lowest BCUT2D eigenvalue weighted by Crippen LogP contribution is -2.24. The maximum absolute atomic E-state index is 13.7. The van der Waals surface area contributed by atoms with Gasteiger partial charge in [-0.05, 0) is 35.4 Å². The molecule has 0 radical (unpaired) electrons. The second-order valence-corrected chi connectivity index (χ2v) is 6.41. The molecule has 0 aliphatic rings. The van der Waals surface area contributed by atoms with Gasteiger partial charge >= 0.3 is 17.3 Å². The molecule has 128 valence electrons. The van der Waals surface area contributed by atoms with Gasteiger partial charge in [0.15, 0.2) is 0 Å². The lowest BCUT2D eigenvalue weighted by atomic mass is 9.88. The largest absolute Gasteiger partial charge is 0.478 e. The molecule has 0 amide bonds. The highest BCUT2D eigenvalue weighted by atomic mass is 35.5. The number of alkyl halides is 3. The van der Waals surface area contributed by atoms with Gasteiger partial charge in [0.1, 0.15) is 5.69 Å². The number of carbonyl (C=O) groups is 2. The minimum absolute atomic E-state index is 0.00543. The Morgan fingerprint density at radius 1 is 1.13 bits per heavy atom. The van der Waals surface area contributed by atoms with Crippen LogP contribution < -0.4 is 0 Å². The van der Waals surface area contributed by atoms with Gasteiger partial charge in [0.25, 0.3) is 0 Å². The van der Waals surface area contributed by atoms with Crippen LogP contribution in [0.25, 0.3) is 0 Å². The average molecular weight is 350 g/mol. The first-order valence-electron chi connectivity index (χ1n) is 6.98. The molecule has 0 spiro atoms. The maximum Gasteiger partial charge on any atom is 0.365 e. The van der Waals surface area contributed by atoms with E-state index in [1.807, 2.05) is 0 Å². The minimum atomic E-state index is -4.01. The van der Waals surface area contributed by atoms with Gasteiger partial charge in [-0.15, -0.1) is 0 Å². The molecule has 1 rings (SSSR count). The van der Waals surface area contributed by atoms with Crippen LogP contribution in [0.4, 0.5) is 8.78 Å². The molecule has 0 saturated carbocycles. The number of halogens is 3. The first-order valence-corrected chi connectivity index (χ1v) is 7.36. The number of hydrogen-bond donors (Lipinski definition) is 2. The van der Waals surface area contributed by atoms with Gasteiger partial charge in [0.05, 0.1) is 16.8 Å². The second kappa shape index (κ2) is 6.78. The van der Waals surface area contributed by atoms with Crippen LogP contribution in [-0.4, -0.2) is 27.1 Å². The molecule has 1 aromatic rings. The number of carboxylic acid groups (broad SMARTS) is 2. The monoisotopic (exact) mass is 349 g/mol.